The van der Waals surface area contributed by atoms with E-state index < -0.39 is 30.4 Å². The van der Waals surface area contributed by atoms with E-state index in [4.69, 9.17) is 10.2 Å². The molecular formula is C11H17N3O6. The van der Waals surface area contributed by atoms with Crippen molar-refractivity contribution in [2.24, 2.45) is 0 Å². The summed E-state index contributed by atoms with van der Waals surface area (Å²) in [5.41, 5.74) is 0. The van der Waals surface area contributed by atoms with Gasteiger partial charge >= 0.3 is 18.0 Å². The topological polar surface area (TPSA) is 127 Å². The van der Waals surface area contributed by atoms with Crippen LogP contribution in [0.4, 0.5) is 4.79 Å². The smallest absolute Gasteiger partial charge is 0.326 e. The summed E-state index contributed by atoms with van der Waals surface area (Å²) in [4.78, 5) is 47.3. The van der Waals surface area contributed by atoms with Gasteiger partial charge < -0.3 is 25.3 Å². The fourth-order valence-corrected chi connectivity index (χ4v) is 1.84. The summed E-state index contributed by atoms with van der Waals surface area (Å²) in [6.07, 6.45) is -0.686. The minimum atomic E-state index is -1.47. The Balaban J connectivity index is 2.52. The number of carbonyl (C=O) groups excluding carboxylic acids is 2. The van der Waals surface area contributed by atoms with Gasteiger partial charge in [0.1, 0.15) is 6.04 Å². The molecule has 1 heterocycles. The molecule has 1 saturated heterocycles. The number of nitrogens with zero attached hydrogens (tertiary/aromatic N) is 2. The summed E-state index contributed by atoms with van der Waals surface area (Å²) in [6.45, 7) is 2.75. The van der Waals surface area contributed by atoms with E-state index in [-0.39, 0.29) is 19.0 Å². The van der Waals surface area contributed by atoms with Gasteiger partial charge in [-0.2, -0.15) is 0 Å². The molecule has 0 aromatic rings. The van der Waals surface area contributed by atoms with Crippen LogP contribution < -0.4 is 5.32 Å². The number of rotatable bonds is 4. The third kappa shape index (κ3) is 4.41. The van der Waals surface area contributed by atoms with Crippen LogP contribution in [0.5, 0.6) is 0 Å². The number of carbonyl (C=O) groups is 4. The first-order valence-corrected chi connectivity index (χ1v) is 6.06. The molecule has 1 rings (SSSR count). The van der Waals surface area contributed by atoms with E-state index in [0.29, 0.717) is 13.1 Å². The highest BCUT2D eigenvalue weighted by molar-refractivity contribution is 5.86. The molecule has 20 heavy (non-hydrogen) atoms. The minimum absolute atomic E-state index is 0.0839. The normalized spacial score (nSPS) is 16.4. The van der Waals surface area contributed by atoms with Crippen molar-refractivity contribution in [2.45, 2.75) is 19.4 Å². The molecular weight excluding hydrogens is 270 g/mol. The Morgan fingerprint density at radius 3 is 1.95 bits per heavy atom. The number of piperazine rings is 1. The van der Waals surface area contributed by atoms with Crippen LogP contribution in [0.15, 0.2) is 0 Å². The van der Waals surface area contributed by atoms with E-state index in [2.05, 4.69) is 5.32 Å². The lowest BCUT2D eigenvalue weighted by Crippen LogP contribution is -2.55. The van der Waals surface area contributed by atoms with Crippen LogP contribution in [-0.2, 0) is 14.4 Å². The van der Waals surface area contributed by atoms with Crippen LogP contribution in [-0.4, -0.2) is 76.1 Å². The van der Waals surface area contributed by atoms with Gasteiger partial charge in [0, 0.05) is 33.1 Å². The highest BCUT2D eigenvalue weighted by atomic mass is 16.4. The molecule has 0 aromatic heterocycles. The summed E-state index contributed by atoms with van der Waals surface area (Å²) in [7, 11) is 0. The molecule has 0 radical (unpaired) electrons. The van der Waals surface area contributed by atoms with Crippen molar-refractivity contribution in [1.29, 1.82) is 0 Å². The van der Waals surface area contributed by atoms with Crippen LogP contribution in [0.1, 0.15) is 13.3 Å². The molecule has 0 saturated carbocycles. The van der Waals surface area contributed by atoms with Crippen LogP contribution in [0, 0.1) is 0 Å². The molecule has 1 atom stereocenters. The first-order chi connectivity index (χ1) is 9.31. The van der Waals surface area contributed by atoms with Gasteiger partial charge in [0.2, 0.25) is 5.91 Å². The van der Waals surface area contributed by atoms with E-state index in [1.165, 1.54) is 11.8 Å². The Morgan fingerprint density at radius 2 is 1.55 bits per heavy atom. The van der Waals surface area contributed by atoms with E-state index in [1.54, 1.807) is 4.90 Å². The number of urea groups is 1. The predicted octanol–water partition coefficient (Wildman–Crippen LogP) is -1.21. The number of carboxylic acid groups (broad SMARTS) is 2. The van der Waals surface area contributed by atoms with Gasteiger partial charge in [-0.05, 0) is 0 Å². The highest BCUT2D eigenvalue weighted by Crippen LogP contribution is 2.03. The van der Waals surface area contributed by atoms with Crippen molar-refractivity contribution in [1.82, 2.24) is 15.1 Å². The first-order valence-electron chi connectivity index (χ1n) is 6.06. The van der Waals surface area contributed by atoms with Crippen molar-refractivity contribution in [2.75, 3.05) is 26.2 Å². The molecule has 1 unspecified atom stereocenters. The average Bonchev–Trinajstić information content (AvgIpc) is 2.37. The van der Waals surface area contributed by atoms with Gasteiger partial charge in [-0.25, -0.2) is 9.59 Å². The lowest BCUT2D eigenvalue weighted by molar-refractivity contribution is -0.145. The molecule has 1 aliphatic rings. The quantitative estimate of drug-likeness (QED) is 0.595. The molecule has 1 aliphatic heterocycles. The molecule has 9 heteroatoms. The van der Waals surface area contributed by atoms with Crippen LogP contribution in [0.2, 0.25) is 0 Å². The van der Waals surface area contributed by atoms with Gasteiger partial charge in [0.25, 0.3) is 0 Å². The number of carboxylic acids is 2. The SMILES string of the molecule is CC(=O)N1CCN(C(=O)NC(CC(=O)O)C(=O)O)CC1. The Morgan fingerprint density at radius 1 is 1.05 bits per heavy atom. The molecule has 0 spiro atoms. The maximum Gasteiger partial charge on any atom is 0.326 e. The maximum absolute atomic E-state index is 11.8. The number of hydrogen-bond acceptors (Lipinski definition) is 4. The van der Waals surface area contributed by atoms with Gasteiger partial charge in [0.15, 0.2) is 0 Å². The number of amides is 3. The molecule has 3 N–H and O–H groups in total. The van der Waals surface area contributed by atoms with Crippen molar-refractivity contribution < 1.29 is 29.4 Å². The third-order valence-electron chi connectivity index (χ3n) is 2.99. The van der Waals surface area contributed by atoms with Crippen LogP contribution in [0.25, 0.3) is 0 Å². The molecule has 9 nitrogen and oxygen atoms in total. The summed E-state index contributed by atoms with van der Waals surface area (Å²) >= 11 is 0. The van der Waals surface area contributed by atoms with Crippen molar-refractivity contribution >= 4 is 23.9 Å². The zero-order valence-electron chi connectivity index (χ0n) is 11.0. The molecule has 1 fully saturated rings. The van der Waals surface area contributed by atoms with Gasteiger partial charge in [-0.3, -0.25) is 9.59 Å². The lowest BCUT2D eigenvalue weighted by Gasteiger charge is -2.34. The number of aliphatic carboxylic acids is 2. The van der Waals surface area contributed by atoms with E-state index in [9.17, 15) is 19.2 Å². The fourth-order valence-electron chi connectivity index (χ4n) is 1.84. The largest absolute Gasteiger partial charge is 0.481 e. The summed E-state index contributed by atoms with van der Waals surface area (Å²) in [5, 5.41) is 19.6. The highest BCUT2D eigenvalue weighted by Gasteiger charge is 2.27. The Hall–Kier alpha value is -2.32. The molecule has 0 bridgehead atoms. The molecule has 112 valence electrons. The first kappa shape index (κ1) is 15.7. The Bertz CT molecular complexity index is 416. The van der Waals surface area contributed by atoms with Crippen molar-refractivity contribution in [3.63, 3.8) is 0 Å². The van der Waals surface area contributed by atoms with E-state index >= 15 is 0 Å². The monoisotopic (exact) mass is 287 g/mol. The predicted molar refractivity (Wildman–Crippen MR) is 66.0 cm³/mol. The summed E-state index contributed by atoms with van der Waals surface area (Å²) in [5.74, 6) is -2.79. The zero-order chi connectivity index (χ0) is 15.3. The van der Waals surface area contributed by atoms with E-state index in [1.807, 2.05) is 0 Å². The van der Waals surface area contributed by atoms with Gasteiger partial charge in [-0.15, -0.1) is 0 Å². The summed E-state index contributed by atoms with van der Waals surface area (Å²) in [6, 6.07) is -2.10. The zero-order valence-corrected chi connectivity index (χ0v) is 11.0. The Labute approximate surface area is 115 Å². The van der Waals surface area contributed by atoms with Gasteiger partial charge in [0.05, 0.1) is 6.42 Å². The minimum Gasteiger partial charge on any atom is -0.481 e. The van der Waals surface area contributed by atoms with Crippen LogP contribution >= 0.6 is 0 Å². The van der Waals surface area contributed by atoms with Crippen LogP contribution in [0.3, 0.4) is 0 Å². The van der Waals surface area contributed by atoms with Crippen molar-refractivity contribution in [3.8, 4) is 0 Å². The lowest BCUT2D eigenvalue weighted by atomic mass is 10.2. The number of hydrogen-bond donors (Lipinski definition) is 3. The molecule has 0 aliphatic carbocycles. The standard InChI is InChI=1S/C11H17N3O6/c1-7(15)13-2-4-14(5-3-13)11(20)12-8(10(18)19)6-9(16)17/h8H,2-6H2,1H3,(H,12,20)(H,16,17)(H,18,19). The second-order valence-electron chi connectivity index (χ2n) is 4.43. The third-order valence-corrected chi connectivity index (χ3v) is 2.99. The summed E-state index contributed by atoms with van der Waals surface area (Å²) < 4.78 is 0. The maximum atomic E-state index is 11.8. The second kappa shape index (κ2) is 6.73. The second-order valence-corrected chi connectivity index (χ2v) is 4.43. The molecule has 0 aromatic carbocycles. The Kier molecular flexibility index (Phi) is 5.30. The average molecular weight is 287 g/mol. The molecule has 3 amide bonds. The van der Waals surface area contributed by atoms with Crippen molar-refractivity contribution in [3.05, 3.63) is 0 Å². The van der Waals surface area contributed by atoms with Gasteiger partial charge in [-0.1, -0.05) is 0 Å². The fraction of sp³-hybridized carbons (Fsp3) is 0.636. The van der Waals surface area contributed by atoms with E-state index in [0.717, 1.165) is 0 Å². The number of nitrogens with one attached hydrogen (secondary N) is 1.